The van der Waals surface area contributed by atoms with Gasteiger partial charge in [0.2, 0.25) is 0 Å². The standard InChI is InChI=1S/C34H47P/c1-2-3-4-5-6-7-8-9-10-11-12-13-14-17-24-31-25-22-23-30-34(31)35(32-26-18-15-19-27-32)33-28-20-16-21-29-33/h15-16,18-23,25-30H,2-14,17,24H2,1H3. The van der Waals surface area contributed by atoms with Crippen molar-refractivity contribution in [3.8, 4) is 0 Å². The predicted molar refractivity (Wildman–Crippen MR) is 159 cm³/mol. The van der Waals surface area contributed by atoms with Gasteiger partial charge in [0.25, 0.3) is 0 Å². The Morgan fingerprint density at radius 2 is 0.829 bits per heavy atom. The Bertz CT molecular complexity index is 863. The first-order valence-corrected chi connectivity index (χ1v) is 15.7. The van der Waals surface area contributed by atoms with E-state index in [1.807, 2.05) is 0 Å². The molecule has 188 valence electrons. The minimum atomic E-state index is -0.509. The molecule has 35 heavy (non-hydrogen) atoms. The van der Waals surface area contributed by atoms with E-state index in [0.29, 0.717) is 0 Å². The molecule has 0 aliphatic heterocycles. The molecule has 0 nitrogen and oxygen atoms in total. The van der Waals surface area contributed by atoms with Crippen LogP contribution in [0.3, 0.4) is 0 Å². The summed E-state index contributed by atoms with van der Waals surface area (Å²) in [5, 5.41) is 4.43. The van der Waals surface area contributed by atoms with E-state index in [1.165, 1.54) is 112 Å². The first-order valence-electron chi connectivity index (χ1n) is 14.4. The molecule has 3 rings (SSSR count). The SMILES string of the molecule is CCCCCCCCCCCCCCCCc1ccccc1P(c1ccccc1)c1ccccc1. The largest absolute Gasteiger partial charge is 0.0654 e. The Morgan fingerprint density at radius 3 is 1.31 bits per heavy atom. The van der Waals surface area contributed by atoms with Crippen LogP contribution in [0.15, 0.2) is 84.9 Å². The minimum Gasteiger partial charge on any atom is -0.0654 e. The quantitative estimate of drug-likeness (QED) is 0.124. The van der Waals surface area contributed by atoms with E-state index >= 15 is 0 Å². The Balaban J connectivity index is 1.40. The van der Waals surface area contributed by atoms with Gasteiger partial charge in [0, 0.05) is 0 Å². The summed E-state index contributed by atoms with van der Waals surface area (Å²) in [7, 11) is -0.509. The maximum atomic E-state index is 2.38. The fourth-order valence-corrected chi connectivity index (χ4v) is 7.54. The highest BCUT2D eigenvalue weighted by Gasteiger charge is 2.18. The molecule has 0 aliphatic rings. The number of benzene rings is 3. The molecule has 1 heteroatoms. The molecule has 0 aliphatic carbocycles. The Morgan fingerprint density at radius 1 is 0.429 bits per heavy atom. The van der Waals surface area contributed by atoms with Gasteiger partial charge in [-0.15, -0.1) is 0 Å². The lowest BCUT2D eigenvalue weighted by Crippen LogP contribution is -2.23. The van der Waals surface area contributed by atoms with E-state index in [1.54, 1.807) is 5.56 Å². The van der Waals surface area contributed by atoms with Crippen LogP contribution in [0.5, 0.6) is 0 Å². The van der Waals surface area contributed by atoms with Gasteiger partial charge >= 0.3 is 0 Å². The van der Waals surface area contributed by atoms with Crippen molar-refractivity contribution in [3.63, 3.8) is 0 Å². The number of unbranched alkanes of at least 4 members (excludes halogenated alkanes) is 13. The summed E-state index contributed by atoms with van der Waals surface area (Å²) < 4.78 is 0. The molecule has 0 N–H and O–H groups in total. The highest BCUT2D eigenvalue weighted by molar-refractivity contribution is 7.79. The normalized spacial score (nSPS) is 11.3. The average Bonchev–Trinajstić information content (AvgIpc) is 2.91. The van der Waals surface area contributed by atoms with Gasteiger partial charge in [-0.3, -0.25) is 0 Å². The molecule has 0 aromatic heterocycles. The highest BCUT2D eigenvalue weighted by Crippen LogP contribution is 2.34. The molecule has 3 aromatic carbocycles. The Labute approximate surface area is 217 Å². The summed E-state index contributed by atoms with van der Waals surface area (Å²) in [6.07, 6.45) is 21.0. The molecule has 0 radical (unpaired) electrons. The van der Waals surface area contributed by atoms with Crippen molar-refractivity contribution in [3.05, 3.63) is 90.5 Å². The fourth-order valence-electron chi connectivity index (χ4n) is 5.03. The van der Waals surface area contributed by atoms with Gasteiger partial charge in [0.1, 0.15) is 0 Å². The molecule has 0 saturated heterocycles. The van der Waals surface area contributed by atoms with Gasteiger partial charge in [0.15, 0.2) is 0 Å². The molecule has 0 amide bonds. The van der Waals surface area contributed by atoms with Crippen molar-refractivity contribution in [2.24, 2.45) is 0 Å². The van der Waals surface area contributed by atoms with E-state index in [9.17, 15) is 0 Å². The average molecular weight is 487 g/mol. The summed E-state index contributed by atoms with van der Waals surface area (Å²) in [5.41, 5.74) is 1.55. The Kier molecular flexibility index (Phi) is 13.8. The van der Waals surface area contributed by atoms with Crippen LogP contribution in [0.2, 0.25) is 0 Å². The fraction of sp³-hybridized carbons (Fsp3) is 0.471. The molecule has 0 atom stereocenters. The second-order valence-corrected chi connectivity index (χ2v) is 12.2. The van der Waals surface area contributed by atoms with E-state index in [4.69, 9.17) is 0 Å². The third-order valence-corrected chi connectivity index (χ3v) is 9.61. The number of aryl methyl sites for hydroxylation is 1. The van der Waals surface area contributed by atoms with E-state index < -0.39 is 7.92 Å². The van der Waals surface area contributed by atoms with E-state index in [2.05, 4.69) is 91.9 Å². The maximum absolute atomic E-state index is 2.38. The smallest absolute Gasteiger partial charge is 0.0119 e. The van der Waals surface area contributed by atoms with Crippen molar-refractivity contribution in [2.45, 2.75) is 103 Å². The van der Waals surface area contributed by atoms with Gasteiger partial charge in [-0.05, 0) is 42.2 Å². The monoisotopic (exact) mass is 486 g/mol. The third kappa shape index (κ3) is 10.3. The van der Waals surface area contributed by atoms with Crippen LogP contribution in [0.1, 0.15) is 102 Å². The molecule has 0 unspecified atom stereocenters. The lowest BCUT2D eigenvalue weighted by atomic mass is 10.0. The first-order chi connectivity index (χ1) is 17.4. The van der Waals surface area contributed by atoms with Crippen molar-refractivity contribution in [2.75, 3.05) is 0 Å². The molecule has 3 aromatic rings. The van der Waals surface area contributed by atoms with Crippen LogP contribution in [-0.4, -0.2) is 0 Å². The number of rotatable bonds is 18. The minimum absolute atomic E-state index is 0.509. The van der Waals surface area contributed by atoms with Crippen LogP contribution < -0.4 is 15.9 Å². The zero-order valence-electron chi connectivity index (χ0n) is 22.1. The molecule has 0 saturated carbocycles. The van der Waals surface area contributed by atoms with Crippen molar-refractivity contribution >= 4 is 23.8 Å². The van der Waals surface area contributed by atoms with Gasteiger partial charge in [-0.2, -0.15) is 0 Å². The van der Waals surface area contributed by atoms with Crippen LogP contribution >= 0.6 is 7.92 Å². The molecule has 0 spiro atoms. The van der Waals surface area contributed by atoms with Crippen molar-refractivity contribution in [1.82, 2.24) is 0 Å². The predicted octanol–water partition coefficient (Wildman–Crippen LogP) is 9.47. The lowest BCUT2D eigenvalue weighted by molar-refractivity contribution is 0.535. The van der Waals surface area contributed by atoms with Crippen LogP contribution in [0, 0.1) is 0 Å². The van der Waals surface area contributed by atoms with Crippen molar-refractivity contribution in [1.29, 1.82) is 0 Å². The number of hydrogen-bond donors (Lipinski definition) is 0. The van der Waals surface area contributed by atoms with Crippen LogP contribution in [-0.2, 0) is 6.42 Å². The van der Waals surface area contributed by atoms with Gasteiger partial charge in [-0.25, -0.2) is 0 Å². The highest BCUT2D eigenvalue weighted by atomic mass is 31.1. The maximum Gasteiger partial charge on any atom is -0.0119 e. The molecular weight excluding hydrogens is 439 g/mol. The zero-order valence-corrected chi connectivity index (χ0v) is 23.0. The first kappa shape index (κ1) is 27.7. The summed E-state index contributed by atoms with van der Waals surface area (Å²) in [4.78, 5) is 0. The van der Waals surface area contributed by atoms with Crippen LogP contribution in [0.4, 0.5) is 0 Å². The summed E-state index contributed by atoms with van der Waals surface area (Å²) in [6, 6.07) is 31.4. The second kappa shape index (κ2) is 17.5. The summed E-state index contributed by atoms with van der Waals surface area (Å²) >= 11 is 0. The van der Waals surface area contributed by atoms with Crippen molar-refractivity contribution < 1.29 is 0 Å². The molecular formula is C34H47P. The lowest BCUT2D eigenvalue weighted by Gasteiger charge is -2.22. The number of hydrogen-bond acceptors (Lipinski definition) is 0. The topological polar surface area (TPSA) is 0 Å². The summed E-state index contributed by atoms with van der Waals surface area (Å²) in [5.74, 6) is 0. The van der Waals surface area contributed by atoms with E-state index in [0.717, 1.165) is 0 Å². The Hall–Kier alpha value is -1.91. The molecule has 0 bridgehead atoms. The van der Waals surface area contributed by atoms with E-state index in [-0.39, 0.29) is 0 Å². The molecule has 0 fully saturated rings. The summed E-state index contributed by atoms with van der Waals surface area (Å²) in [6.45, 7) is 2.30. The third-order valence-electron chi connectivity index (χ3n) is 7.06. The molecule has 0 heterocycles. The zero-order chi connectivity index (χ0) is 24.4. The van der Waals surface area contributed by atoms with Gasteiger partial charge < -0.3 is 0 Å². The van der Waals surface area contributed by atoms with Gasteiger partial charge in [0.05, 0.1) is 0 Å². The van der Waals surface area contributed by atoms with Gasteiger partial charge in [-0.1, -0.05) is 175 Å². The van der Waals surface area contributed by atoms with Crippen LogP contribution in [0.25, 0.3) is 0 Å². The second-order valence-electron chi connectivity index (χ2n) is 9.98.